The van der Waals surface area contributed by atoms with Crippen molar-refractivity contribution in [3.8, 4) is 17.1 Å². The van der Waals surface area contributed by atoms with E-state index in [2.05, 4.69) is 19.9 Å². The van der Waals surface area contributed by atoms with Gasteiger partial charge in [0, 0.05) is 23.5 Å². The van der Waals surface area contributed by atoms with Gasteiger partial charge in [-0.2, -0.15) is 0 Å². The molecule has 0 spiro atoms. The van der Waals surface area contributed by atoms with Gasteiger partial charge in [-0.1, -0.05) is 0 Å². The van der Waals surface area contributed by atoms with Gasteiger partial charge in [-0.25, -0.2) is 14.4 Å². The van der Waals surface area contributed by atoms with Crippen LogP contribution in [0.1, 0.15) is 35.5 Å². The van der Waals surface area contributed by atoms with Crippen molar-refractivity contribution in [2.24, 2.45) is 0 Å². The lowest BCUT2D eigenvalue weighted by Gasteiger charge is -2.20. The van der Waals surface area contributed by atoms with Crippen molar-refractivity contribution in [3.05, 3.63) is 65.3 Å². The first-order valence-corrected chi connectivity index (χ1v) is 8.74. The first kappa shape index (κ1) is 16.6. The molecule has 0 saturated heterocycles. The lowest BCUT2D eigenvalue weighted by atomic mass is 9.91. The van der Waals surface area contributed by atoms with Gasteiger partial charge in [-0.05, 0) is 50.3 Å². The van der Waals surface area contributed by atoms with E-state index in [-0.39, 0.29) is 12.4 Å². The first-order chi connectivity index (χ1) is 12.7. The molecule has 0 aliphatic heterocycles. The summed E-state index contributed by atoms with van der Waals surface area (Å²) in [5.74, 6) is 0.177. The summed E-state index contributed by atoms with van der Waals surface area (Å²) in [7, 11) is 0. The second-order valence-electron chi connectivity index (χ2n) is 6.44. The van der Waals surface area contributed by atoms with Crippen LogP contribution in [0.2, 0.25) is 0 Å². The number of pyridine rings is 2. The molecule has 1 aliphatic rings. The van der Waals surface area contributed by atoms with Crippen LogP contribution in [0.5, 0.6) is 5.88 Å². The average Bonchev–Trinajstić information content (AvgIpc) is 2.67. The average molecular weight is 350 g/mol. The molecule has 3 heterocycles. The smallest absolute Gasteiger partial charge is 0.214 e. The van der Waals surface area contributed by atoms with Gasteiger partial charge in [0.1, 0.15) is 12.4 Å². The zero-order valence-electron chi connectivity index (χ0n) is 14.6. The Labute approximate surface area is 151 Å². The van der Waals surface area contributed by atoms with Gasteiger partial charge in [-0.3, -0.25) is 9.97 Å². The Morgan fingerprint density at radius 2 is 1.96 bits per heavy atom. The molecule has 0 amide bonds. The molecular formula is C20H19FN4O. The van der Waals surface area contributed by atoms with Gasteiger partial charge in [0.2, 0.25) is 5.88 Å². The summed E-state index contributed by atoms with van der Waals surface area (Å²) < 4.78 is 18.8. The third-order valence-corrected chi connectivity index (χ3v) is 4.46. The van der Waals surface area contributed by atoms with E-state index in [4.69, 9.17) is 4.74 Å². The van der Waals surface area contributed by atoms with E-state index in [1.165, 1.54) is 17.8 Å². The molecule has 0 fully saturated rings. The number of hydrogen-bond donors (Lipinski definition) is 0. The molecule has 3 aromatic rings. The largest absolute Gasteiger partial charge is 0.471 e. The molecule has 0 unspecified atom stereocenters. The maximum absolute atomic E-state index is 13.0. The minimum absolute atomic E-state index is 0.241. The molecule has 0 atom stereocenters. The Hall–Kier alpha value is -2.89. The van der Waals surface area contributed by atoms with Crippen molar-refractivity contribution in [3.63, 3.8) is 0 Å². The second-order valence-corrected chi connectivity index (χ2v) is 6.44. The van der Waals surface area contributed by atoms with Crippen LogP contribution in [0.4, 0.5) is 4.39 Å². The molecule has 1 aliphatic carbocycles. The van der Waals surface area contributed by atoms with Gasteiger partial charge in [0.25, 0.3) is 0 Å². The Morgan fingerprint density at radius 3 is 2.77 bits per heavy atom. The maximum atomic E-state index is 13.0. The fraction of sp³-hybridized carbons (Fsp3) is 0.300. The van der Waals surface area contributed by atoms with Crippen molar-refractivity contribution in [2.75, 3.05) is 0 Å². The fourth-order valence-electron chi connectivity index (χ4n) is 3.21. The lowest BCUT2D eigenvalue weighted by Crippen LogP contribution is -2.10. The minimum Gasteiger partial charge on any atom is -0.471 e. The van der Waals surface area contributed by atoms with E-state index in [1.54, 1.807) is 18.5 Å². The zero-order chi connectivity index (χ0) is 17.9. The van der Waals surface area contributed by atoms with Crippen LogP contribution in [-0.2, 0) is 19.4 Å². The minimum atomic E-state index is -0.360. The highest BCUT2D eigenvalue weighted by Crippen LogP contribution is 2.32. The van der Waals surface area contributed by atoms with Gasteiger partial charge in [0.05, 0.1) is 29.5 Å². The maximum Gasteiger partial charge on any atom is 0.214 e. The van der Waals surface area contributed by atoms with Gasteiger partial charge in [-0.15, -0.1) is 0 Å². The van der Waals surface area contributed by atoms with E-state index < -0.39 is 0 Å². The SMILES string of the molecule is Cc1cncc(-c2cc(OCc3ccc(F)cn3)nc3c2CCCC3)n1. The number of aromatic nitrogens is 4. The molecule has 0 aromatic carbocycles. The summed E-state index contributed by atoms with van der Waals surface area (Å²) in [5, 5.41) is 0. The first-order valence-electron chi connectivity index (χ1n) is 8.74. The quantitative estimate of drug-likeness (QED) is 0.715. The number of halogens is 1. The summed E-state index contributed by atoms with van der Waals surface area (Å²) in [5.41, 5.74) is 5.72. The molecule has 0 bridgehead atoms. The van der Waals surface area contributed by atoms with Crippen molar-refractivity contribution in [1.29, 1.82) is 0 Å². The molecule has 4 rings (SSSR count). The molecule has 5 nitrogen and oxygen atoms in total. The molecule has 0 saturated carbocycles. The number of rotatable bonds is 4. The van der Waals surface area contributed by atoms with Gasteiger partial charge in [0.15, 0.2) is 0 Å². The topological polar surface area (TPSA) is 60.8 Å². The van der Waals surface area contributed by atoms with Crippen LogP contribution in [-0.4, -0.2) is 19.9 Å². The number of aryl methyl sites for hydroxylation is 2. The second kappa shape index (κ2) is 7.15. The number of ether oxygens (including phenoxy) is 1. The summed E-state index contributed by atoms with van der Waals surface area (Å²) in [4.78, 5) is 17.6. The number of nitrogens with zero attached hydrogens (tertiary/aromatic N) is 4. The predicted octanol–water partition coefficient (Wildman–Crippen LogP) is 3.84. The molecule has 3 aromatic heterocycles. The van der Waals surface area contributed by atoms with E-state index in [0.717, 1.165) is 48.3 Å². The summed E-state index contributed by atoms with van der Waals surface area (Å²) in [6.07, 6.45) is 8.92. The van der Waals surface area contributed by atoms with Crippen LogP contribution >= 0.6 is 0 Å². The normalized spacial score (nSPS) is 13.3. The Morgan fingerprint density at radius 1 is 1.08 bits per heavy atom. The lowest BCUT2D eigenvalue weighted by molar-refractivity contribution is 0.287. The van der Waals surface area contributed by atoms with Crippen LogP contribution in [0.15, 0.2) is 36.8 Å². The number of fused-ring (bicyclic) bond motifs is 1. The van der Waals surface area contributed by atoms with Gasteiger partial charge < -0.3 is 4.74 Å². The van der Waals surface area contributed by atoms with E-state index in [0.29, 0.717) is 11.6 Å². The molecular weight excluding hydrogens is 331 g/mol. The predicted molar refractivity (Wildman–Crippen MR) is 95.2 cm³/mol. The Kier molecular flexibility index (Phi) is 4.56. The van der Waals surface area contributed by atoms with Crippen molar-refractivity contribution in [2.45, 2.75) is 39.2 Å². The van der Waals surface area contributed by atoms with Crippen LogP contribution < -0.4 is 4.74 Å². The number of hydrogen-bond acceptors (Lipinski definition) is 5. The van der Waals surface area contributed by atoms with Crippen molar-refractivity contribution < 1.29 is 9.13 Å². The van der Waals surface area contributed by atoms with Gasteiger partial charge >= 0.3 is 0 Å². The third kappa shape index (κ3) is 3.54. The Bertz CT molecular complexity index is 928. The fourth-order valence-corrected chi connectivity index (χ4v) is 3.21. The summed E-state index contributed by atoms with van der Waals surface area (Å²) >= 11 is 0. The van der Waals surface area contributed by atoms with Crippen LogP contribution in [0.3, 0.4) is 0 Å². The standard InChI is InChI=1S/C20H19FN4O/c1-13-9-22-11-19(24-13)17-8-20(25-18-5-3-2-4-16(17)18)26-12-15-7-6-14(21)10-23-15/h6-11H,2-5,12H2,1H3. The molecule has 26 heavy (non-hydrogen) atoms. The monoisotopic (exact) mass is 350 g/mol. The molecule has 0 N–H and O–H groups in total. The van der Waals surface area contributed by atoms with Crippen LogP contribution in [0.25, 0.3) is 11.3 Å². The highest BCUT2D eigenvalue weighted by Gasteiger charge is 2.19. The summed E-state index contributed by atoms with van der Waals surface area (Å²) in [6, 6.07) is 4.91. The Balaban J connectivity index is 1.67. The van der Waals surface area contributed by atoms with E-state index in [9.17, 15) is 4.39 Å². The zero-order valence-corrected chi connectivity index (χ0v) is 14.6. The third-order valence-electron chi connectivity index (χ3n) is 4.46. The molecule has 132 valence electrons. The van der Waals surface area contributed by atoms with Crippen molar-refractivity contribution in [1.82, 2.24) is 19.9 Å². The van der Waals surface area contributed by atoms with E-state index in [1.807, 2.05) is 13.0 Å². The van der Waals surface area contributed by atoms with Crippen molar-refractivity contribution >= 4 is 0 Å². The van der Waals surface area contributed by atoms with E-state index >= 15 is 0 Å². The molecule has 0 radical (unpaired) electrons. The molecule has 6 heteroatoms. The van der Waals surface area contributed by atoms with Crippen LogP contribution in [0, 0.1) is 12.7 Å². The summed E-state index contributed by atoms with van der Waals surface area (Å²) in [6.45, 7) is 2.17. The highest BCUT2D eigenvalue weighted by atomic mass is 19.1. The highest BCUT2D eigenvalue weighted by molar-refractivity contribution is 5.65.